The van der Waals surface area contributed by atoms with E-state index in [0.717, 1.165) is 18.7 Å². The Morgan fingerprint density at radius 2 is 1.71 bits per heavy atom. The number of amides is 1. The molecule has 2 aromatic carbocycles. The van der Waals surface area contributed by atoms with E-state index in [1.165, 1.54) is 5.56 Å². The molecule has 1 aliphatic heterocycles. The molecule has 1 aliphatic rings. The lowest BCUT2D eigenvalue weighted by molar-refractivity contribution is -0.118. The fraction of sp³-hybridized carbons (Fsp3) is 0.350. The predicted octanol–water partition coefficient (Wildman–Crippen LogP) is 3.05. The van der Waals surface area contributed by atoms with Crippen LogP contribution in [0.5, 0.6) is 0 Å². The van der Waals surface area contributed by atoms with Gasteiger partial charge in [0.15, 0.2) is 0 Å². The van der Waals surface area contributed by atoms with Gasteiger partial charge in [-0.1, -0.05) is 48.5 Å². The Balaban J connectivity index is 1.64. The Morgan fingerprint density at radius 3 is 2.38 bits per heavy atom. The number of para-hydroxylation sites is 1. The van der Waals surface area contributed by atoms with Crippen molar-refractivity contribution >= 4 is 11.6 Å². The third-order valence-corrected chi connectivity index (χ3v) is 4.69. The Labute approximate surface area is 143 Å². The van der Waals surface area contributed by atoms with E-state index >= 15 is 0 Å². The minimum absolute atomic E-state index is 0.00237. The molecule has 0 spiro atoms. The maximum Gasteiger partial charge on any atom is 0.241 e. The molecule has 24 heavy (non-hydrogen) atoms. The molecule has 1 amide bonds. The molecule has 0 unspecified atom stereocenters. The number of anilines is 1. The van der Waals surface area contributed by atoms with Crippen molar-refractivity contribution in [2.24, 2.45) is 0 Å². The topological polar surface area (TPSA) is 44.4 Å². The van der Waals surface area contributed by atoms with Crippen molar-refractivity contribution in [2.45, 2.75) is 31.5 Å². The van der Waals surface area contributed by atoms with Crippen molar-refractivity contribution in [3.8, 4) is 0 Å². The fourth-order valence-corrected chi connectivity index (χ4v) is 3.43. The van der Waals surface area contributed by atoms with Crippen LogP contribution in [-0.2, 0) is 4.79 Å². The van der Waals surface area contributed by atoms with Gasteiger partial charge in [-0.15, -0.1) is 0 Å². The van der Waals surface area contributed by atoms with Crippen molar-refractivity contribution in [1.29, 1.82) is 0 Å². The molecule has 2 N–H and O–H groups in total. The van der Waals surface area contributed by atoms with Gasteiger partial charge in [-0.3, -0.25) is 9.69 Å². The average molecular weight is 323 g/mol. The molecule has 0 bridgehead atoms. The van der Waals surface area contributed by atoms with E-state index in [4.69, 9.17) is 0 Å². The maximum absolute atomic E-state index is 12.4. The van der Waals surface area contributed by atoms with Crippen molar-refractivity contribution < 1.29 is 4.79 Å². The highest BCUT2D eigenvalue weighted by Gasteiger charge is 2.34. The predicted molar refractivity (Wildman–Crippen MR) is 97.9 cm³/mol. The molecular formula is C20H25N3O. The third-order valence-electron chi connectivity index (χ3n) is 4.69. The molecule has 4 heteroatoms. The molecule has 3 atom stereocenters. The summed E-state index contributed by atoms with van der Waals surface area (Å²) >= 11 is 0. The maximum atomic E-state index is 12.4. The molecule has 0 aliphatic carbocycles. The Morgan fingerprint density at radius 1 is 1.08 bits per heavy atom. The smallest absolute Gasteiger partial charge is 0.241 e. The van der Waals surface area contributed by atoms with Crippen molar-refractivity contribution in [3.05, 3.63) is 66.2 Å². The molecule has 0 aromatic heterocycles. The first-order valence-corrected chi connectivity index (χ1v) is 8.52. The number of carbonyl (C=O) groups excluding carboxylic acids is 1. The quantitative estimate of drug-likeness (QED) is 0.889. The summed E-state index contributed by atoms with van der Waals surface area (Å²) < 4.78 is 0. The van der Waals surface area contributed by atoms with Gasteiger partial charge in [0.25, 0.3) is 0 Å². The standard InChI is InChI=1S/C20H25N3O/c1-15(20(24)22-17-11-7-4-8-12-17)21-18-13-14-23(2)19(18)16-9-5-3-6-10-16/h3-12,15,18-19,21H,13-14H2,1-2H3,(H,22,24)/t15-,18+,19+/m0/s1. The molecule has 1 saturated heterocycles. The zero-order valence-electron chi connectivity index (χ0n) is 14.3. The van der Waals surface area contributed by atoms with Crippen LogP contribution in [0.15, 0.2) is 60.7 Å². The van der Waals surface area contributed by atoms with Crippen LogP contribution < -0.4 is 10.6 Å². The van der Waals surface area contributed by atoms with Crippen LogP contribution in [-0.4, -0.2) is 36.5 Å². The summed E-state index contributed by atoms with van der Waals surface area (Å²) in [4.78, 5) is 14.8. The highest BCUT2D eigenvalue weighted by Crippen LogP contribution is 2.31. The van der Waals surface area contributed by atoms with E-state index in [1.807, 2.05) is 43.3 Å². The normalized spacial score (nSPS) is 22.2. The van der Waals surface area contributed by atoms with Gasteiger partial charge in [-0.05, 0) is 38.1 Å². The minimum atomic E-state index is -0.243. The van der Waals surface area contributed by atoms with Gasteiger partial charge >= 0.3 is 0 Å². The molecule has 0 radical (unpaired) electrons. The van der Waals surface area contributed by atoms with Gasteiger partial charge in [0.2, 0.25) is 5.91 Å². The Hall–Kier alpha value is -2.17. The fourth-order valence-electron chi connectivity index (χ4n) is 3.43. The number of benzene rings is 2. The highest BCUT2D eigenvalue weighted by atomic mass is 16.2. The SMILES string of the molecule is C[C@H](N[C@@H]1CCN(C)[C@@H]1c1ccccc1)C(=O)Nc1ccccc1. The van der Waals surface area contributed by atoms with Crippen LogP contribution in [0.2, 0.25) is 0 Å². The Kier molecular flexibility index (Phi) is 5.28. The lowest BCUT2D eigenvalue weighted by Gasteiger charge is -2.28. The number of carbonyl (C=O) groups is 1. The minimum Gasteiger partial charge on any atom is -0.325 e. The number of likely N-dealkylation sites (N-methyl/N-ethyl adjacent to an activating group) is 1. The van der Waals surface area contributed by atoms with Crippen LogP contribution in [0.4, 0.5) is 5.69 Å². The summed E-state index contributed by atoms with van der Waals surface area (Å²) in [6.45, 7) is 2.96. The molecule has 126 valence electrons. The van der Waals surface area contributed by atoms with Crippen LogP contribution >= 0.6 is 0 Å². The average Bonchev–Trinajstić information content (AvgIpc) is 2.97. The summed E-state index contributed by atoms with van der Waals surface area (Å²) in [7, 11) is 2.15. The van der Waals surface area contributed by atoms with Crippen LogP contribution in [0.3, 0.4) is 0 Å². The molecule has 2 aromatic rings. The van der Waals surface area contributed by atoms with Gasteiger partial charge in [0.05, 0.1) is 6.04 Å². The first kappa shape index (κ1) is 16.7. The second kappa shape index (κ2) is 7.60. The summed E-state index contributed by atoms with van der Waals surface area (Å²) in [6.07, 6.45) is 1.04. The molecule has 0 saturated carbocycles. The van der Waals surface area contributed by atoms with Gasteiger partial charge in [-0.2, -0.15) is 0 Å². The second-order valence-electron chi connectivity index (χ2n) is 6.47. The van der Waals surface area contributed by atoms with Crippen LogP contribution in [0, 0.1) is 0 Å². The number of hydrogen-bond acceptors (Lipinski definition) is 3. The zero-order valence-corrected chi connectivity index (χ0v) is 14.3. The van der Waals surface area contributed by atoms with E-state index < -0.39 is 0 Å². The number of nitrogens with one attached hydrogen (secondary N) is 2. The van der Waals surface area contributed by atoms with Crippen molar-refractivity contribution in [3.63, 3.8) is 0 Å². The van der Waals surface area contributed by atoms with Crippen LogP contribution in [0.1, 0.15) is 24.9 Å². The van der Waals surface area contributed by atoms with Crippen LogP contribution in [0.25, 0.3) is 0 Å². The largest absolute Gasteiger partial charge is 0.325 e. The summed E-state index contributed by atoms with van der Waals surface area (Å²) in [6, 6.07) is 20.4. The molecule has 1 heterocycles. The lowest BCUT2D eigenvalue weighted by atomic mass is 9.99. The summed E-state index contributed by atoms with van der Waals surface area (Å²) in [5.74, 6) is 0.00237. The van der Waals surface area contributed by atoms with E-state index in [0.29, 0.717) is 6.04 Å². The van der Waals surface area contributed by atoms with E-state index in [9.17, 15) is 4.79 Å². The first-order chi connectivity index (χ1) is 11.6. The molecule has 1 fully saturated rings. The molecular weight excluding hydrogens is 298 g/mol. The van der Waals surface area contributed by atoms with E-state index in [1.54, 1.807) is 0 Å². The van der Waals surface area contributed by atoms with E-state index in [-0.39, 0.29) is 18.0 Å². The van der Waals surface area contributed by atoms with Crippen molar-refractivity contribution in [2.75, 3.05) is 18.9 Å². The molecule has 3 rings (SSSR count). The highest BCUT2D eigenvalue weighted by molar-refractivity contribution is 5.94. The second-order valence-corrected chi connectivity index (χ2v) is 6.47. The van der Waals surface area contributed by atoms with E-state index in [2.05, 4.69) is 46.8 Å². The number of hydrogen-bond donors (Lipinski definition) is 2. The Bertz CT molecular complexity index is 659. The summed E-state index contributed by atoms with van der Waals surface area (Å²) in [5.41, 5.74) is 2.13. The van der Waals surface area contributed by atoms with Crippen molar-refractivity contribution in [1.82, 2.24) is 10.2 Å². The molecule has 4 nitrogen and oxygen atoms in total. The monoisotopic (exact) mass is 323 g/mol. The zero-order chi connectivity index (χ0) is 16.9. The van der Waals surface area contributed by atoms with Gasteiger partial charge in [0.1, 0.15) is 0 Å². The lowest BCUT2D eigenvalue weighted by Crippen LogP contribution is -2.46. The number of nitrogens with zero attached hydrogens (tertiary/aromatic N) is 1. The summed E-state index contributed by atoms with van der Waals surface area (Å²) in [5, 5.41) is 6.49. The number of rotatable bonds is 5. The van der Waals surface area contributed by atoms with Gasteiger partial charge < -0.3 is 10.6 Å². The first-order valence-electron chi connectivity index (χ1n) is 8.52. The van der Waals surface area contributed by atoms with Gasteiger partial charge in [-0.25, -0.2) is 0 Å². The third kappa shape index (κ3) is 3.83. The van der Waals surface area contributed by atoms with Gasteiger partial charge in [0, 0.05) is 24.3 Å². The number of likely N-dealkylation sites (tertiary alicyclic amines) is 1.